The molecule has 11 heteroatoms. The Hall–Kier alpha value is -3.21. The fraction of sp³-hybridized carbons (Fsp3) is 0.429. The van der Waals surface area contributed by atoms with E-state index in [-0.39, 0.29) is 35.4 Å². The highest BCUT2D eigenvalue weighted by atomic mass is 19.4. The quantitative estimate of drug-likeness (QED) is 0.657. The number of halogens is 3. The minimum Gasteiger partial charge on any atom is -0.507 e. The number of carbonyl (C=O) groups excluding carboxylic acids is 1. The van der Waals surface area contributed by atoms with E-state index in [4.69, 9.17) is 4.74 Å². The molecule has 4 rings (SSSR count). The second-order valence-corrected chi connectivity index (χ2v) is 7.80. The molecule has 1 amide bonds. The summed E-state index contributed by atoms with van der Waals surface area (Å²) < 4.78 is 45.7. The van der Waals surface area contributed by atoms with Crippen molar-refractivity contribution in [3.63, 3.8) is 0 Å². The number of nitrogens with zero attached hydrogens (tertiary/aromatic N) is 5. The molecule has 0 bridgehead atoms. The molecule has 2 aromatic heterocycles. The van der Waals surface area contributed by atoms with Crippen LogP contribution in [0.25, 0.3) is 22.4 Å². The van der Waals surface area contributed by atoms with Gasteiger partial charge in [-0.3, -0.25) is 9.48 Å². The lowest BCUT2D eigenvalue weighted by Crippen LogP contribution is -2.40. The molecule has 8 nitrogen and oxygen atoms in total. The third-order valence-corrected chi connectivity index (χ3v) is 5.60. The van der Waals surface area contributed by atoms with Gasteiger partial charge in [-0.1, -0.05) is 0 Å². The number of phenolic OH excluding ortho intramolecular Hbond substituents is 1. The number of alkyl halides is 3. The largest absolute Gasteiger partial charge is 0.507 e. The number of aromatic hydroxyl groups is 1. The van der Waals surface area contributed by atoms with Crippen LogP contribution in [0.5, 0.6) is 5.75 Å². The van der Waals surface area contributed by atoms with Crippen LogP contribution in [0.2, 0.25) is 0 Å². The summed E-state index contributed by atoms with van der Waals surface area (Å²) >= 11 is 0. The van der Waals surface area contributed by atoms with Gasteiger partial charge in [0.15, 0.2) is 5.65 Å². The van der Waals surface area contributed by atoms with Gasteiger partial charge in [-0.2, -0.15) is 18.3 Å². The molecule has 1 aliphatic heterocycles. The Morgan fingerprint density at radius 1 is 1.28 bits per heavy atom. The Balaban J connectivity index is 1.58. The number of hydrogen-bond acceptors (Lipinski definition) is 6. The fourth-order valence-electron chi connectivity index (χ4n) is 3.98. The minimum atomic E-state index is -4.56. The van der Waals surface area contributed by atoms with E-state index in [0.29, 0.717) is 30.3 Å². The Morgan fingerprint density at radius 2 is 2.00 bits per heavy atom. The first kappa shape index (κ1) is 22.0. The molecule has 3 aromatic rings. The predicted molar refractivity (Wildman–Crippen MR) is 109 cm³/mol. The number of likely N-dealkylation sites (tertiary alicyclic amines) is 1. The summed E-state index contributed by atoms with van der Waals surface area (Å²) in [6, 6.07) is 1.73. The highest BCUT2D eigenvalue weighted by Gasteiger charge is 2.32. The number of aryl methyl sites for hydroxylation is 1. The number of aromatic nitrogens is 4. The molecular weight excluding hydrogens is 427 g/mol. The minimum absolute atomic E-state index is 0.0451. The summed E-state index contributed by atoms with van der Waals surface area (Å²) in [5.74, 6) is -0.560. The Bertz CT molecular complexity index is 1130. The van der Waals surface area contributed by atoms with E-state index in [9.17, 15) is 23.1 Å². The molecule has 0 atom stereocenters. The van der Waals surface area contributed by atoms with Crippen molar-refractivity contribution in [3.8, 4) is 17.0 Å². The molecule has 170 valence electrons. The zero-order chi connectivity index (χ0) is 23.0. The second-order valence-electron chi connectivity index (χ2n) is 7.80. The molecule has 0 radical (unpaired) electrons. The third-order valence-electron chi connectivity index (χ3n) is 5.60. The molecule has 1 aliphatic rings. The van der Waals surface area contributed by atoms with Gasteiger partial charge in [0.25, 0.3) is 0 Å². The second kappa shape index (κ2) is 8.38. The number of rotatable bonds is 4. The van der Waals surface area contributed by atoms with E-state index < -0.39 is 17.5 Å². The van der Waals surface area contributed by atoms with Crippen LogP contribution in [-0.4, -0.2) is 62.5 Å². The zero-order valence-electron chi connectivity index (χ0n) is 17.6. The van der Waals surface area contributed by atoms with Gasteiger partial charge in [-0.15, -0.1) is 0 Å². The first-order chi connectivity index (χ1) is 15.2. The van der Waals surface area contributed by atoms with Gasteiger partial charge in [-0.05, 0) is 37.5 Å². The third kappa shape index (κ3) is 4.24. The first-order valence-corrected chi connectivity index (χ1v) is 10.1. The molecule has 1 fully saturated rings. The average molecular weight is 449 g/mol. The van der Waals surface area contributed by atoms with Crippen LogP contribution in [0.3, 0.4) is 0 Å². The molecule has 0 aliphatic carbocycles. The molecule has 3 heterocycles. The normalized spacial score (nSPS) is 15.5. The highest BCUT2D eigenvalue weighted by molar-refractivity contribution is 5.78. The topological polar surface area (TPSA) is 93.4 Å². The van der Waals surface area contributed by atoms with Crippen molar-refractivity contribution in [2.75, 3.05) is 26.8 Å². The summed E-state index contributed by atoms with van der Waals surface area (Å²) in [6.07, 6.45) is 0.0572. The van der Waals surface area contributed by atoms with Gasteiger partial charge in [0, 0.05) is 25.8 Å². The maximum absolute atomic E-state index is 13.0. The molecular formula is C21H22F3N5O3. The zero-order valence-corrected chi connectivity index (χ0v) is 17.6. The number of ether oxygens (including phenoxy) is 1. The molecule has 0 saturated carbocycles. The van der Waals surface area contributed by atoms with Gasteiger partial charge in [0.2, 0.25) is 5.91 Å². The van der Waals surface area contributed by atoms with Gasteiger partial charge < -0.3 is 14.7 Å². The highest BCUT2D eigenvalue weighted by Crippen LogP contribution is 2.38. The lowest BCUT2D eigenvalue weighted by molar-refractivity contribution is -0.138. The van der Waals surface area contributed by atoms with Crippen LogP contribution >= 0.6 is 0 Å². The fourth-order valence-corrected chi connectivity index (χ4v) is 3.98. The van der Waals surface area contributed by atoms with Crippen LogP contribution in [0.4, 0.5) is 13.2 Å². The van der Waals surface area contributed by atoms with Crippen LogP contribution in [0.15, 0.2) is 24.5 Å². The first-order valence-electron chi connectivity index (χ1n) is 10.1. The summed E-state index contributed by atoms with van der Waals surface area (Å²) in [4.78, 5) is 22.5. The van der Waals surface area contributed by atoms with E-state index in [1.165, 1.54) is 20.2 Å². The standard InChI is InChI=1S/C21H22F3N5O3/c1-12-7-13(21(22,23)24)8-17(30)19(12)15-9-25-16-10-29(27-20(16)26-15)14-3-5-28(6-4-14)18(31)11-32-2/h7-10,14,30H,3-6,11H2,1-2H3. The van der Waals surface area contributed by atoms with Crippen molar-refractivity contribution < 1.29 is 27.8 Å². The lowest BCUT2D eigenvalue weighted by atomic mass is 10.0. The average Bonchev–Trinajstić information content (AvgIpc) is 3.16. The van der Waals surface area contributed by atoms with Crippen LogP contribution in [-0.2, 0) is 15.7 Å². The van der Waals surface area contributed by atoms with Crippen molar-refractivity contribution in [3.05, 3.63) is 35.7 Å². The lowest BCUT2D eigenvalue weighted by Gasteiger charge is -2.31. The maximum atomic E-state index is 13.0. The number of hydrogen-bond donors (Lipinski definition) is 1. The van der Waals surface area contributed by atoms with Crippen molar-refractivity contribution >= 4 is 17.1 Å². The Kier molecular flexibility index (Phi) is 5.76. The number of phenols is 1. The maximum Gasteiger partial charge on any atom is 0.416 e. The van der Waals surface area contributed by atoms with Gasteiger partial charge in [0.1, 0.15) is 17.9 Å². The van der Waals surface area contributed by atoms with E-state index in [2.05, 4.69) is 15.1 Å². The number of piperidine rings is 1. The van der Waals surface area contributed by atoms with E-state index >= 15 is 0 Å². The molecule has 32 heavy (non-hydrogen) atoms. The van der Waals surface area contributed by atoms with E-state index in [1.54, 1.807) is 15.8 Å². The molecule has 0 unspecified atom stereocenters. The Labute approximate surface area is 181 Å². The summed E-state index contributed by atoms with van der Waals surface area (Å²) in [7, 11) is 1.49. The van der Waals surface area contributed by atoms with Gasteiger partial charge in [-0.25, -0.2) is 9.97 Å². The number of fused-ring (bicyclic) bond motifs is 1. The number of carbonyl (C=O) groups is 1. The number of methoxy groups -OCH3 is 1. The van der Waals surface area contributed by atoms with Crippen molar-refractivity contribution in [2.24, 2.45) is 0 Å². The van der Waals surface area contributed by atoms with Crippen LogP contribution in [0, 0.1) is 6.92 Å². The SMILES string of the molecule is COCC(=O)N1CCC(n2cc3ncc(-c4c(C)cc(C(F)(F)F)cc4O)nc3n2)CC1. The predicted octanol–water partition coefficient (Wildman–Crippen LogP) is 3.34. The molecule has 0 spiro atoms. The summed E-state index contributed by atoms with van der Waals surface area (Å²) in [6.45, 7) is 2.72. The molecule has 1 aromatic carbocycles. The van der Waals surface area contributed by atoms with E-state index in [0.717, 1.165) is 18.9 Å². The number of benzene rings is 1. The van der Waals surface area contributed by atoms with Crippen molar-refractivity contribution in [1.82, 2.24) is 24.6 Å². The number of amides is 1. The van der Waals surface area contributed by atoms with Gasteiger partial charge >= 0.3 is 6.18 Å². The van der Waals surface area contributed by atoms with Crippen molar-refractivity contribution in [2.45, 2.75) is 32.0 Å². The summed E-state index contributed by atoms with van der Waals surface area (Å²) in [5.41, 5.74) is 0.608. The molecule has 1 N–H and O–H groups in total. The van der Waals surface area contributed by atoms with Crippen molar-refractivity contribution in [1.29, 1.82) is 0 Å². The molecule has 1 saturated heterocycles. The summed E-state index contributed by atoms with van der Waals surface area (Å²) in [5, 5.41) is 14.7. The smallest absolute Gasteiger partial charge is 0.416 e. The monoisotopic (exact) mass is 449 g/mol. The Morgan fingerprint density at radius 3 is 2.62 bits per heavy atom. The van der Waals surface area contributed by atoms with Crippen LogP contribution < -0.4 is 0 Å². The van der Waals surface area contributed by atoms with E-state index in [1.807, 2.05) is 0 Å². The van der Waals surface area contributed by atoms with Crippen LogP contribution in [0.1, 0.15) is 30.0 Å². The van der Waals surface area contributed by atoms with Gasteiger partial charge in [0.05, 0.1) is 29.7 Å².